The largest absolute Gasteiger partial charge is 0.416 e. The van der Waals surface area contributed by atoms with Crippen molar-refractivity contribution < 1.29 is 23.4 Å². The van der Waals surface area contributed by atoms with Gasteiger partial charge in [0.2, 0.25) is 0 Å². The minimum atomic E-state index is -4.33. The number of thioether (sulfide) groups is 1. The Balaban J connectivity index is 1.67. The first-order chi connectivity index (χ1) is 10.9. The van der Waals surface area contributed by atoms with Gasteiger partial charge in [0.15, 0.2) is 5.17 Å². The third kappa shape index (κ3) is 3.49. The third-order valence-corrected chi connectivity index (χ3v) is 5.29. The molecule has 2 fully saturated rings. The number of aliphatic hydroxyl groups is 2. The van der Waals surface area contributed by atoms with E-state index in [1.165, 1.54) is 23.9 Å². The Morgan fingerprint density at radius 1 is 1.22 bits per heavy atom. The summed E-state index contributed by atoms with van der Waals surface area (Å²) in [6.45, 7) is 0.921. The molecular weight excluding hydrogens is 329 g/mol. The summed E-state index contributed by atoms with van der Waals surface area (Å²) in [5, 5.41) is 20.5. The van der Waals surface area contributed by atoms with Gasteiger partial charge in [-0.05, 0) is 24.1 Å². The zero-order chi connectivity index (χ0) is 16.6. The van der Waals surface area contributed by atoms with E-state index in [4.69, 9.17) is 0 Å². The highest BCUT2D eigenvalue weighted by Crippen LogP contribution is 2.32. The molecule has 1 aromatic carbocycles. The van der Waals surface area contributed by atoms with Crippen molar-refractivity contribution >= 4 is 16.9 Å². The number of halogens is 3. The number of aliphatic imine (C=N–C) groups is 1. The molecule has 2 heterocycles. The van der Waals surface area contributed by atoms with Crippen LogP contribution in [0.3, 0.4) is 0 Å². The van der Waals surface area contributed by atoms with E-state index in [0.29, 0.717) is 30.8 Å². The fourth-order valence-corrected chi connectivity index (χ4v) is 4.06. The number of rotatable bonds is 2. The lowest BCUT2D eigenvalue weighted by Crippen LogP contribution is -2.53. The lowest BCUT2D eigenvalue weighted by Gasteiger charge is -2.37. The summed E-state index contributed by atoms with van der Waals surface area (Å²) in [6, 6.07) is 4.83. The van der Waals surface area contributed by atoms with Crippen molar-refractivity contribution in [3.8, 4) is 0 Å². The van der Waals surface area contributed by atoms with E-state index in [1.54, 1.807) is 0 Å². The molecule has 126 valence electrons. The van der Waals surface area contributed by atoms with Crippen molar-refractivity contribution in [3.63, 3.8) is 0 Å². The van der Waals surface area contributed by atoms with Crippen LogP contribution in [0.15, 0.2) is 29.3 Å². The SMILES string of the molecule is O[C@H]1[C@H](O)CCN2C(=NCc3ccc(C(F)(F)F)cc3)SC[C@H]12. The maximum atomic E-state index is 12.5. The Morgan fingerprint density at radius 3 is 2.57 bits per heavy atom. The molecule has 2 aliphatic heterocycles. The first-order valence-electron chi connectivity index (χ1n) is 7.32. The average molecular weight is 346 g/mol. The van der Waals surface area contributed by atoms with E-state index in [0.717, 1.165) is 17.3 Å². The molecule has 0 amide bonds. The van der Waals surface area contributed by atoms with Gasteiger partial charge < -0.3 is 15.1 Å². The molecule has 2 aliphatic rings. The standard InChI is InChI=1S/C15H17F3N2O2S/c16-15(17,18)10-3-1-9(2-4-10)7-19-14-20-6-5-12(21)13(22)11(20)8-23-14/h1-4,11-13,21-22H,5-8H2/t11-,12-,13-/m1/s1. The number of piperidine rings is 1. The fourth-order valence-electron chi connectivity index (χ4n) is 2.81. The molecule has 1 aromatic rings. The van der Waals surface area contributed by atoms with E-state index in [2.05, 4.69) is 4.99 Å². The van der Waals surface area contributed by atoms with Gasteiger partial charge in [0.05, 0.1) is 24.3 Å². The van der Waals surface area contributed by atoms with Crippen LogP contribution in [0.1, 0.15) is 17.5 Å². The normalized spacial score (nSPS) is 29.9. The van der Waals surface area contributed by atoms with E-state index in [-0.39, 0.29) is 6.04 Å². The zero-order valence-electron chi connectivity index (χ0n) is 12.2. The van der Waals surface area contributed by atoms with Crippen LogP contribution in [0.2, 0.25) is 0 Å². The van der Waals surface area contributed by atoms with Crippen LogP contribution in [0.4, 0.5) is 13.2 Å². The Hall–Kier alpha value is -1.25. The first kappa shape index (κ1) is 16.6. The summed E-state index contributed by atoms with van der Waals surface area (Å²) >= 11 is 1.50. The van der Waals surface area contributed by atoms with Crippen molar-refractivity contribution in [2.75, 3.05) is 12.3 Å². The van der Waals surface area contributed by atoms with Gasteiger partial charge in [-0.1, -0.05) is 23.9 Å². The van der Waals surface area contributed by atoms with Gasteiger partial charge in [-0.3, -0.25) is 4.99 Å². The van der Waals surface area contributed by atoms with Crippen molar-refractivity contribution in [3.05, 3.63) is 35.4 Å². The van der Waals surface area contributed by atoms with Crippen LogP contribution >= 0.6 is 11.8 Å². The molecule has 0 bridgehead atoms. The number of amidine groups is 1. The Labute approximate surface area is 136 Å². The molecule has 0 spiro atoms. The van der Waals surface area contributed by atoms with Gasteiger partial charge in [0.1, 0.15) is 6.10 Å². The average Bonchev–Trinajstić information content (AvgIpc) is 2.92. The number of hydrogen-bond acceptors (Lipinski definition) is 4. The van der Waals surface area contributed by atoms with E-state index in [1.807, 2.05) is 4.90 Å². The predicted molar refractivity (Wildman–Crippen MR) is 82.2 cm³/mol. The van der Waals surface area contributed by atoms with Crippen LogP contribution < -0.4 is 0 Å². The van der Waals surface area contributed by atoms with E-state index >= 15 is 0 Å². The number of fused-ring (bicyclic) bond motifs is 1. The second-order valence-corrected chi connectivity index (χ2v) is 6.70. The maximum absolute atomic E-state index is 12.5. The summed E-state index contributed by atoms with van der Waals surface area (Å²) < 4.78 is 37.6. The van der Waals surface area contributed by atoms with Gasteiger partial charge in [-0.25, -0.2) is 0 Å². The molecule has 3 rings (SSSR count). The second kappa shape index (κ2) is 6.33. The lowest BCUT2D eigenvalue weighted by atomic mass is 9.98. The van der Waals surface area contributed by atoms with Gasteiger partial charge in [-0.15, -0.1) is 0 Å². The van der Waals surface area contributed by atoms with Crippen molar-refractivity contribution in [2.24, 2.45) is 4.99 Å². The van der Waals surface area contributed by atoms with Gasteiger partial charge in [0.25, 0.3) is 0 Å². The number of aliphatic hydroxyl groups excluding tert-OH is 2. The molecule has 8 heteroatoms. The molecule has 2 N–H and O–H groups in total. The number of hydrogen-bond donors (Lipinski definition) is 2. The van der Waals surface area contributed by atoms with Crippen molar-refractivity contribution in [2.45, 2.75) is 37.4 Å². The number of alkyl halides is 3. The Bertz CT molecular complexity index is 591. The van der Waals surface area contributed by atoms with Crippen LogP contribution in [0.25, 0.3) is 0 Å². The molecule has 0 radical (unpaired) electrons. The maximum Gasteiger partial charge on any atom is 0.416 e. The van der Waals surface area contributed by atoms with Crippen LogP contribution in [-0.2, 0) is 12.7 Å². The lowest BCUT2D eigenvalue weighted by molar-refractivity contribution is -0.137. The van der Waals surface area contributed by atoms with Gasteiger partial charge >= 0.3 is 6.18 Å². The van der Waals surface area contributed by atoms with Gasteiger partial charge in [0, 0.05) is 12.3 Å². The minimum Gasteiger partial charge on any atom is -0.390 e. The Kier molecular flexibility index (Phi) is 4.57. The highest BCUT2D eigenvalue weighted by molar-refractivity contribution is 8.14. The topological polar surface area (TPSA) is 56.1 Å². The molecule has 0 aliphatic carbocycles. The predicted octanol–water partition coefficient (Wildman–Crippen LogP) is 2.10. The molecule has 0 unspecified atom stereocenters. The number of benzene rings is 1. The molecule has 4 nitrogen and oxygen atoms in total. The van der Waals surface area contributed by atoms with Crippen LogP contribution in [0, 0.1) is 0 Å². The summed E-state index contributed by atoms with van der Waals surface area (Å²) in [7, 11) is 0. The van der Waals surface area contributed by atoms with Crippen molar-refractivity contribution in [1.29, 1.82) is 0 Å². The number of nitrogens with zero attached hydrogens (tertiary/aromatic N) is 2. The zero-order valence-corrected chi connectivity index (χ0v) is 13.0. The summed E-state index contributed by atoms with van der Waals surface area (Å²) in [4.78, 5) is 6.44. The molecule has 0 aromatic heterocycles. The highest BCUT2D eigenvalue weighted by atomic mass is 32.2. The molecule has 3 atom stereocenters. The molecule has 0 saturated carbocycles. The molecule has 2 saturated heterocycles. The second-order valence-electron chi connectivity index (χ2n) is 5.71. The first-order valence-corrected chi connectivity index (χ1v) is 8.31. The summed E-state index contributed by atoms with van der Waals surface area (Å²) in [5.41, 5.74) is 0.0319. The van der Waals surface area contributed by atoms with E-state index < -0.39 is 23.9 Å². The Morgan fingerprint density at radius 2 is 1.91 bits per heavy atom. The van der Waals surface area contributed by atoms with Crippen LogP contribution in [-0.4, -0.2) is 50.8 Å². The highest BCUT2D eigenvalue weighted by Gasteiger charge is 2.41. The van der Waals surface area contributed by atoms with Crippen molar-refractivity contribution in [1.82, 2.24) is 4.90 Å². The van der Waals surface area contributed by atoms with Crippen LogP contribution in [0.5, 0.6) is 0 Å². The van der Waals surface area contributed by atoms with Gasteiger partial charge in [-0.2, -0.15) is 13.2 Å². The third-order valence-electron chi connectivity index (χ3n) is 4.16. The monoisotopic (exact) mass is 346 g/mol. The molecular formula is C15H17F3N2O2S. The molecule has 23 heavy (non-hydrogen) atoms. The van der Waals surface area contributed by atoms with E-state index in [9.17, 15) is 23.4 Å². The quantitative estimate of drug-likeness (QED) is 0.861. The summed E-state index contributed by atoms with van der Waals surface area (Å²) in [6.07, 6.45) is -5.33. The minimum absolute atomic E-state index is 0.143. The smallest absolute Gasteiger partial charge is 0.390 e. The summed E-state index contributed by atoms with van der Waals surface area (Å²) in [5.74, 6) is 0.657. The fraction of sp³-hybridized carbons (Fsp3) is 0.533.